The van der Waals surface area contributed by atoms with Gasteiger partial charge in [-0.1, -0.05) is 69.3 Å². The molecule has 1 aliphatic heterocycles. The van der Waals surface area contributed by atoms with Gasteiger partial charge in [-0.2, -0.15) is 0 Å². The maximum atomic E-state index is 15.4. The van der Waals surface area contributed by atoms with E-state index in [-0.39, 0.29) is 36.2 Å². The summed E-state index contributed by atoms with van der Waals surface area (Å²) in [7, 11) is 0. The highest BCUT2D eigenvalue weighted by molar-refractivity contribution is 5.95. The van der Waals surface area contributed by atoms with E-state index in [2.05, 4.69) is 5.32 Å². The molecule has 1 saturated heterocycles. The Morgan fingerprint density at radius 3 is 2.07 bits per heavy atom. The predicted octanol–water partition coefficient (Wildman–Crippen LogP) is 4.86. The summed E-state index contributed by atoms with van der Waals surface area (Å²) in [6.45, 7) is 13.5. The van der Waals surface area contributed by atoms with Gasteiger partial charge in [-0.25, -0.2) is 14.4 Å². The second-order valence-corrected chi connectivity index (χ2v) is 18.1. The Hall–Kier alpha value is -5.12. The number of esters is 4. The van der Waals surface area contributed by atoms with Crippen molar-refractivity contribution in [2.24, 2.45) is 16.7 Å². The number of aliphatic hydroxyl groups excluding tert-OH is 1. The minimum atomic E-state index is -2.27. The van der Waals surface area contributed by atoms with Crippen LogP contribution in [0.1, 0.15) is 104 Å². The Morgan fingerprint density at radius 1 is 0.900 bits per heavy atom. The summed E-state index contributed by atoms with van der Waals surface area (Å²) in [4.78, 5) is 82.7. The monoisotopic (exact) mass is 833 g/mol. The molecule has 6 rings (SSSR count). The van der Waals surface area contributed by atoms with E-state index >= 15 is 4.79 Å². The maximum absolute atomic E-state index is 15.4. The number of aliphatic hydroxyl groups is 2. The molecule has 2 aromatic rings. The van der Waals surface area contributed by atoms with Crippen molar-refractivity contribution in [1.29, 1.82) is 0 Å². The fourth-order valence-corrected chi connectivity index (χ4v) is 9.82. The van der Waals surface area contributed by atoms with Gasteiger partial charge in [0.1, 0.15) is 29.5 Å². The van der Waals surface area contributed by atoms with Crippen LogP contribution >= 0.6 is 0 Å². The van der Waals surface area contributed by atoms with Gasteiger partial charge in [0.05, 0.1) is 24.1 Å². The molecule has 15 heteroatoms. The Balaban J connectivity index is 1.52. The van der Waals surface area contributed by atoms with Crippen molar-refractivity contribution >= 4 is 35.8 Å². The van der Waals surface area contributed by atoms with Gasteiger partial charge in [-0.05, 0) is 69.4 Å². The first kappa shape index (κ1) is 44.4. The van der Waals surface area contributed by atoms with Crippen LogP contribution in [0.3, 0.4) is 0 Å². The van der Waals surface area contributed by atoms with Crippen LogP contribution in [0, 0.1) is 16.7 Å². The van der Waals surface area contributed by atoms with Gasteiger partial charge in [-0.15, -0.1) is 0 Å². The Kier molecular flexibility index (Phi) is 11.9. The maximum Gasteiger partial charge on any atom is 0.408 e. The molecule has 4 aliphatic rings. The fraction of sp³-hybridized carbons (Fsp3) is 0.556. The van der Waals surface area contributed by atoms with Crippen molar-refractivity contribution < 1.29 is 67.4 Å². The highest BCUT2D eigenvalue weighted by atomic mass is 16.6. The smallest absolute Gasteiger partial charge is 0.408 e. The Bertz CT molecular complexity index is 2060. The van der Waals surface area contributed by atoms with E-state index in [0.717, 1.165) is 6.92 Å². The van der Waals surface area contributed by atoms with Gasteiger partial charge in [0.25, 0.3) is 0 Å². The van der Waals surface area contributed by atoms with Gasteiger partial charge in [0.15, 0.2) is 23.6 Å². The molecule has 324 valence electrons. The summed E-state index contributed by atoms with van der Waals surface area (Å²) >= 11 is 0. The lowest BCUT2D eigenvalue weighted by atomic mass is 9.45. The van der Waals surface area contributed by atoms with Crippen molar-refractivity contribution in [2.75, 3.05) is 6.61 Å². The Labute approximate surface area is 349 Å². The van der Waals surface area contributed by atoms with Crippen LogP contribution in [-0.4, -0.2) is 99.9 Å². The van der Waals surface area contributed by atoms with E-state index in [1.54, 1.807) is 97.0 Å². The van der Waals surface area contributed by atoms with Crippen LogP contribution in [0.5, 0.6) is 0 Å². The number of rotatable bonds is 9. The number of nitrogens with one attached hydrogen (secondary N) is 1. The van der Waals surface area contributed by atoms with Crippen LogP contribution in [0.4, 0.5) is 4.79 Å². The molecule has 3 aliphatic carbocycles. The molecule has 2 aromatic carbocycles. The van der Waals surface area contributed by atoms with Gasteiger partial charge >= 0.3 is 30.0 Å². The van der Waals surface area contributed by atoms with Crippen molar-refractivity contribution in [3.8, 4) is 0 Å². The summed E-state index contributed by atoms with van der Waals surface area (Å²) in [5.74, 6) is -5.49. The average molecular weight is 834 g/mol. The number of alkyl carbamates (subject to hydrolysis) is 1. The number of hydrogen-bond acceptors (Lipinski definition) is 14. The second kappa shape index (κ2) is 16.1. The molecule has 2 saturated carbocycles. The zero-order chi connectivity index (χ0) is 44.2. The summed E-state index contributed by atoms with van der Waals surface area (Å²) in [6.07, 6.45) is -8.55. The van der Waals surface area contributed by atoms with E-state index in [0.29, 0.717) is 5.56 Å². The minimum Gasteiger partial charge on any atom is -0.456 e. The first-order chi connectivity index (χ1) is 28.0. The molecule has 10 atom stereocenters. The third-order valence-electron chi connectivity index (χ3n) is 12.7. The van der Waals surface area contributed by atoms with Crippen molar-refractivity contribution in [3.05, 3.63) is 82.9 Å². The highest BCUT2D eigenvalue weighted by Crippen LogP contribution is 2.64. The molecule has 15 nitrogen and oxygen atoms in total. The Morgan fingerprint density at radius 2 is 1.52 bits per heavy atom. The zero-order valence-electron chi connectivity index (χ0n) is 35.4. The molecule has 3 N–H and O–H groups in total. The minimum absolute atomic E-state index is 0.101. The summed E-state index contributed by atoms with van der Waals surface area (Å²) in [6, 6.07) is 14.9. The number of fused-ring (bicyclic) bond motifs is 5. The first-order valence-corrected chi connectivity index (χ1v) is 20.1. The number of amides is 1. The molecule has 1 unspecified atom stereocenters. The van der Waals surface area contributed by atoms with E-state index in [4.69, 9.17) is 28.4 Å². The van der Waals surface area contributed by atoms with E-state index < -0.39 is 112 Å². The van der Waals surface area contributed by atoms with Gasteiger partial charge in [-0.3, -0.25) is 14.4 Å². The predicted molar refractivity (Wildman–Crippen MR) is 212 cm³/mol. The lowest BCUT2D eigenvalue weighted by molar-refractivity contribution is -0.332. The SMILES string of the molecule is CC(=O)O[C@H]1C(=O)[C@]2(C)CC[C@H]3OC[C@@]3(OC(C)=O)C2[C@H](OC(=O)c2ccccc2)[C@]2(O)C[C@H](OC(=O)[C@H](O)[C@@H](NC(=O)OC(C)(C)C)c3ccccc3)C(C)=C1C2(C)C. The molecule has 1 amide bonds. The third kappa shape index (κ3) is 7.82. The second-order valence-electron chi connectivity index (χ2n) is 18.1. The van der Waals surface area contributed by atoms with Crippen molar-refractivity contribution in [1.82, 2.24) is 5.32 Å². The molecular formula is C45H55NO14. The lowest BCUT2D eigenvalue weighted by Crippen LogP contribution is -2.79. The molecule has 2 bridgehead atoms. The summed E-state index contributed by atoms with van der Waals surface area (Å²) < 4.78 is 35.9. The highest BCUT2D eigenvalue weighted by Gasteiger charge is 2.76. The largest absolute Gasteiger partial charge is 0.456 e. The van der Waals surface area contributed by atoms with E-state index in [9.17, 15) is 34.2 Å². The number of carbonyl (C=O) groups is 6. The number of ketones is 1. The molecule has 1 heterocycles. The van der Waals surface area contributed by atoms with Gasteiger partial charge < -0.3 is 44.0 Å². The van der Waals surface area contributed by atoms with Crippen LogP contribution in [0.25, 0.3) is 0 Å². The van der Waals surface area contributed by atoms with Crippen LogP contribution < -0.4 is 5.32 Å². The van der Waals surface area contributed by atoms with E-state index in [1.165, 1.54) is 19.1 Å². The van der Waals surface area contributed by atoms with Gasteiger partial charge in [0.2, 0.25) is 0 Å². The van der Waals surface area contributed by atoms with Crippen LogP contribution in [0.15, 0.2) is 71.8 Å². The molecule has 0 radical (unpaired) electrons. The average Bonchev–Trinajstić information content (AvgIpc) is 3.15. The summed E-state index contributed by atoms with van der Waals surface area (Å²) in [5, 5.41) is 27.9. The normalized spacial score (nSPS) is 31.6. The van der Waals surface area contributed by atoms with Crippen LogP contribution in [0.2, 0.25) is 0 Å². The van der Waals surface area contributed by atoms with Gasteiger partial charge in [0, 0.05) is 31.1 Å². The number of carbonyl (C=O) groups excluding carboxylic acids is 6. The zero-order valence-corrected chi connectivity index (χ0v) is 35.4. The number of Topliss-reactive ketones (excluding diaryl/α,β-unsaturated/α-hetero) is 1. The summed E-state index contributed by atoms with van der Waals surface area (Å²) in [5.41, 5.74) is -7.11. The first-order valence-electron chi connectivity index (χ1n) is 20.1. The van der Waals surface area contributed by atoms with Crippen molar-refractivity contribution in [2.45, 2.75) is 135 Å². The molecule has 3 fully saturated rings. The molecule has 60 heavy (non-hydrogen) atoms. The van der Waals surface area contributed by atoms with Crippen molar-refractivity contribution in [3.63, 3.8) is 0 Å². The van der Waals surface area contributed by atoms with Crippen LogP contribution in [-0.2, 0) is 47.6 Å². The number of ether oxygens (including phenoxy) is 6. The lowest BCUT2D eigenvalue weighted by Gasteiger charge is -2.66. The number of benzene rings is 2. The quantitative estimate of drug-likeness (QED) is 0.175. The fourth-order valence-electron chi connectivity index (χ4n) is 9.82. The standard InChI is InChI=1S/C45H55NO14/c1-24-29(57-39(52)33(49)32(27-16-12-10-13-17-27)46-40(53)60-41(4,5)6)22-45(54)37(58-38(51)28-18-14-11-15-19-28)35-43(9,21-20-30-44(35,23-55-30)59-26(3)48)36(50)34(56-25(2)47)31(24)42(45,7)8/h10-19,29-30,32-35,37,49,54H,20-23H2,1-9H3,(H,46,53)/t29-,30+,32-,33+,34+,35?,37-,43+,44-,45+/m0/s1. The number of hydrogen-bond donors (Lipinski definition) is 3. The molecule has 0 aromatic heterocycles. The van der Waals surface area contributed by atoms with E-state index in [1.807, 2.05) is 0 Å². The topological polar surface area (TPSA) is 210 Å². The molecule has 0 spiro atoms. The molecular weight excluding hydrogens is 778 g/mol. The third-order valence-corrected chi connectivity index (χ3v) is 12.7.